The van der Waals surface area contributed by atoms with Crippen molar-refractivity contribution >= 4 is 33.5 Å². The molecule has 2 heterocycles. The maximum Gasteiger partial charge on any atom is 0.390 e. The Morgan fingerprint density at radius 3 is 2.34 bits per heavy atom. The van der Waals surface area contributed by atoms with E-state index in [1.807, 2.05) is 0 Å². The van der Waals surface area contributed by atoms with Crippen LogP contribution >= 0.6 is 11.3 Å². The number of urea groups is 1. The number of carbonyl (C=O) groups excluding carboxylic acids is 1. The average Bonchev–Trinajstić information content (AvgIpc) is 3.04. The standard InChI is InChI=1S/C12H14F3N7O5S2/c1-26-9-17-8(18-10(19-9)27-2)22(7(16)23)29(24,25)20-11-21(5-6-28-11)4-3-12(13,14)15/h5-6H,3-4H2,1-2H3,(H2,16,23). The Bertz CT molecular complexity index is 1030. The highest BCUT2D eigenvalue weighted by molar-refractivity contribution is 7.92. The molecule has 160 valence electrons. The number of hydrogen-bond donors (Lipinski definition) is 1. The van der Waals surface area contributed by atoms with Crippen molar-refractivity contribution in [2.24, 2.45) is 10.1 Å². The third kappa shape index (κ3) is 5.76. The quantitative estimate of drug-likeness (QED) is 0.628. The van der Waals surface area contributed by atoms with Gasteiger partial charge in [0.25, 0.3) is 5.95 Å². The maximum atomic E-state index is 12.6. The molecule has 2 aromatic heterocycles. The van der Waals surface area contributed by atoms with Crippen LogP contribution in [-0.2, 0) is 16.8 Å². The Morgan fingerprint density at radius 2 is 1.86 bits per heavy atom. The molecular weight excluding hydrogens is 443 g/mol. The lowest BCUT2D eigenvalue weighted by Gasteiger charge is -2.15. The molecule has 0 saturated carbocycles. The number of aryl methyl sites for hydroxylation is 1. The lowest BCUT2D eigenvalue weighted by atomic mass is 10.4. The highest BCUT2D eigenvalue weighted by Crippen LogP contribution is 2.21. The largest absolute Gasteiger partial charge is 0.467 e. The Morgan fingerprint density at radius 1 is 1.28 bits per heavy atom. The summed E-state index contributed by atoms with van der Waals surface area (Å²) in [7, 11) is -2.56. The van der Waals surface area contributed by atoms with Gasteiger partial charge in [0.15, 0.2) is 0 Å². The lowest BCUT2D eigenvalue weighted by molar-refractivity contribution is -0.136. The number of anilines is 1. The molecule has 0 bridgehead atoms. The first-order valence-corrected chi connectivity index (χ1v) is 9.70. The molecule has 0 aliphatic heterocycles. The number of primary amides is 1. The van der Waals surface area contributed by atoms with Gasteiger partial charge >= 0.3 is 34.4 Å². The Labute approximate surface area is 165 Å². The van der Waals surface area contributed by atoms with E-state index in [0.717, 1.165) is 15.9 Å². The summed E-state index contributed by atoms with van der Waals surface area (Å²) in [6.45, 7) is -0.578. The number of alkyl halides is 3. The molecule has 2 aromatic rings. The zero-order chi connectivity index (χ0) is 21.8. The van der Waals surface area contributed by atoms with Gasteiger partial charge in [0.1, 0.15) is 0 Å². The summed E-state index contributed by atoms with van der Waals surface area (Å²) in [5.74, 6) is -0.775. The minimum atomic E-state index is -4.90. The summed E-state index contributed by atoms with van der Waals surface area (Å²) < 4.78 is 76.4. The van der Waals surface area contributed by atoms with Gasteiger partial charge in [0.2, 0.25) is 4.80 Å². The van der Waals surface area contributed by atoms with Gasteiger partial charge in [0.05, 0.1) is 20.6 Å². The average molecular weight is 457 g/mol. The van der Waals surface area contributed by atoms with E-state index in [9.17, 15) is 26.4 Å². The van der Waals surface area contributed by atoms with Gasteiger partial charge in [-0.2, -0.15) is 31.6 Å². The Balaban J connectivity index is 2.51. The fourth-order valence-electron chi connectivity index (χ4n) is 1.84. The molecule has 0 spiro atoms. The predicted molar refractivity (Wildman–Crippen MR) is 92.5 cm³/mol. The Kier molecular flexibility index (Phi) is 6.62. The van der Waals surface area contributed by atoms with Crippen LogP contribution in [0.1, 0.15) is 6.42 Å². The number of rotatable bonds is 7. The van der Waals surface area contributed by atoms with Crippen LogP contribution in [0.4, 0.5) is 23.9 Å². The summed E-state index contributed by atoms with van der Waals surface area (Å²) in [4.78, 5) is 22.4. The lowest BCUT2D eigenvalue weighted by Crippen LogP contribution is -2.42. The topological polar surface area (TPSA) is 155 Å². The van der Waals surface area contributed by atoms with E-state index in [2.05, 4.69) is 19.3 Å². The van der Waals surface area contributed by atoms with Crippen LogP contribution in [0.2, 0.25) is 0 Å². The second kappa shape index (κ2) is 8.60. The number of nitrogens with zero attached hydrogens (tertiary/aromatic N) is 6. The monoisotopic (exact) mass is 457 g/mol. The van der Waals surface area contributed by atoms with Gasteiger partial charge in [-0.3, -0.25) is 0 Å². The smallest absolute Gasteiger partial charge is 0.390 e. The fraction of sp³-hybridized carbons (Fsp3) is 0.417. The van der Waals surface area contributed by atoms with Crippen molar-refractivity contribution in [1.82, 2.24) is 19.5 Å². The SMILES string of the molecule is COc1nc(OC)nc(N(C(N)=O)S(=O)(=O)N=c2sccn2CCC(F)(F)F)n1. The molecule has 2 amide bonds. The van der Waals surface area contributed by atoms with Crippen LogP contribution in [0.15, 0.2) is 16.0 Å². The van der Waals surface area contributed by atoms with Crippen LogP contribution in [0.5, 0.6) is 12.0 Å². The van der Waals surface area contributed by atoms with Gasteiger partial charge in [-0.15, -0.1) is 25.0 Å². The molecule has 0 aliphatic rings. The molecule has 17 heteroatoms. The number of aromatic nitrogens is 4. The number of amides is 2. The third-order valence-electron chi connectivity index (χ3n) is 3.05. The maximum absolute atomic E-state index is 12.6. The number of nitrogens with two attached hydrogens (primary N) is 1. The van der Waals surface area contributed by atoms with E-state index in [1.54, 1.807) is 0 Å². The molecule has 12 nitrogen and oxygen atoms in total. The van der Waals surface area contributed by atoms with Gasteiger partial charge in [-0.05, 0) is 0 Å². The van der Waals surface area contributed by atoms with Crippen molar-refractivity contribution in [1.29, 1.82) is 0 Å². The second-order valence-corrected chi connectivity index (χ2v) is 7.34. The number of ether oxygens (including phenoxy) is 2. The summed E-state index contributed by atoms with van der Waals surface area (Å²) >= 11 is 0.735. The van der Waals surface area contributed by atoms with Gasteiger partial charge in [-0.1, -0.05) is 0 Å². The zero-order valence-corrected chi connectivity index (χ0v) is 16.5. The normalized spacial score (nSPS) is 12.7. The van der Waals surface area contributed by atoms with Crippen LogP contribution in [0.3, 0.4) is 0 Å². The molecule has 2 rings (SSSR count). The molecule has 29 heavy (non-hydrogen) atoms. The van der Waals surface area contributed by atoms with Crippen LogP contribution in [0, 0.1) is 0 Å². The van der Waals surface area contributed by atoms with Crippen molar-refractivity contribution in [3.63, 3.8) is 0 Å². The molecule has 0 fully saturated rings. The van der Waals surface area contributed by atoms with Gasteiger partial charge in [-0.25, -0.2) is 4.79 Å². The molecule has 0 aliphatic carbocycles. The first-order valence-electron chi connectivity index (χ1n) is 7.42. The molecule has 0 atom stereocenters. The first kappa shape index (κ1) is 22.3. The molecule has 0 unspecified atom stereocenters. The molecule has 0 saturated heterocycles. The Hall–Kier alpha value is -2.95. The zero-order valence-electron chi connectivity index (χ0n) is 14.8. The minimum absolute atomic E-state index is 0.0620. The number of carbonyl (C=O) groups is 1. The van der Waals surface area contributed by atoms with Crippen molar-refractivity contribution < 1.29 is 35.9 Å². The number of thiazole rings is 1. The summed E-state index contributed by atoms with van der Waals surface area (Å²) in [6.07, 6.45) is -4.45. The van der Waals surface area contributed by atoms with E-state index in [1.165, 1.54) is 25.8 Å². The second-order valence-electron chi connectivity index (χ2n) is 5.02. The highest BCUT2D eigenvalue weighted by atomic mass is 32.2. The third-order valence-corrected chi connectivity index (χ3v) is 5.17. The summed E-state index contributed by atoms with van der Waals surface area (Å²) in [6, 6.07) is -2.29. The molecule has 2 N–H and O–H groups in total. The van der Waals surface area contributed by atoms with E-state index in [-0.39, 0.29) is 21.1 Å². The van der Waals surface area contributed by atoms with E-state index < -0.39 is 41.3 Å². The summed E-state index contributed by atoms with van der Waals surface area (Å²) in [5, 5.41) is 1.33. The van der Waals surface area contributed by atoms with Gasteiger partial charge in [0, 0.05) is 18.1 Å². The van der Waals surface area contributed by atoms with Gasteiger partial charge < -0.3 is 19.8 Å². The van der Waals surface area contributed by atoms with Crippen LogP contribution in [0.25, 0.3) is 0 Å². The predicted octanol–water partition coefficient (Wildman–Crippen LogP) is 0.435. The molecule has 0 aromatic carbocycles. The number of methoxy groups -OCH3 is 2. The van der Waals surface area contributed by atoms with E-state index >= 15 is 0 Å². The van der Waals surface area contributed by atoms with Crippen molar-refractivity contribution in [3.05, 3.63) is 16.4 Å². The first-order chi connectivity index (χ1) is 13.5. The van der Waals surface area contributed by atoms with Crippen LogP contribution in [-0.4, -0.2) is 54.4 Å². The minimum Gasteiger partial charge on any atom is -0.467 e. The van der Waals surface area contributed by atoms with E-state index in [4.69, 9.17) is 15.2 Å². The van der Waals surface area contributed by atoms with Crippen LogP contribution < -0.4 is 24.3 Å². The number of hydrogen-bond acceptors (Lipinski definition) is 9. The van der Waals surface area contributed by atoms with Crippen molar-refractivity contribution in [2.75, 3.05) is 18.5 Å². The fourth-order valence-corrected chi connectivity index (χ4v) is 3.81. The van der Waals surface area contributed by atoms with Crippen molar-refractivity contribution in [3.8, 4) is 12.0 Å². The number of halogens is 3. The van der Waals surface area contributed by atoms with Crippen molar-refractivity contribution in [2.45, 2.75) is 19.1 Å². The summed E-state index contributed by atoms with van der Waals surface area (Å²) in [5.41, 5.74) is 5.13. The molecule has 0 radical (unpaired) electrons. The van der Waals surface area contributed by atoms with E-state index in [0.29, 0.717) is 0 Å². The molecular formula is C12H14F3N7O5S2. The highest BCUT2D eigenvalue weighted by Gasteiger charge is 2.32.